The summed E-state index contributed by atoms with van der Waals surface area (Å²) in [4.78, 5) is 41.0. The highest BCUT2D eigenvalue weighted by Crippen LogP contribution is 2.27. The molecule has 0 bridgehead atoms. The molecule has 8 nitrogen and oxygen atoms in total. The molecule has 8 heteroatoms. The molecule has 37 heavy (non-hydrogen) atoms. The second-order valence-electron chi connectivity index (χ2n) is 8.63. The van der Waals surface area contributed by atoms with E-state index in [2.05, 4.69) is 5.32 Å². The number of anilines is 1. The molecule has 6 N–H and O–H groups in total. The number of amidine groups is 1. The Bertz CT molecular complexity index is 1490. The number of fused-ring (bicyclic) bond motifs is 1. The Morgan fingerprint density at radius 2 is 1.43 bits per heavy atom. The quantitative estimate of drug-likeness (QED) is 0.220. The van der Waals surface area contributed by atoms with E-state index in [0.29, 0.717) is 16.8 Å². The summed E-state index contributed by atoms with van der Waals surface area (Å²) in [6, 6.07) is 26.0. The number of amides is 3. The van der Waals surface area contributed by atoms with Gasteiger partial charge in [0.25, 0.3) is 11.8 Å². The third-order valence-electron chi connectivity index (χ3n) is 6.14. The zero-order chi connectivity index (χ0) is 26.5. The number of rotatable bonds is 8. The van der Waals surface area contributed by atoms with Gasteiger partial charge in [-0.15, -0.1) is 0 Å². The monoisotopic (exact) mass is 493 g/mol. The van der Waals surface area contributed by atoms with Gasteiger partial charge in [-0.3, -0.25) is 24.7 Å². The number of nitrogen functional groups attached to an aromatic ring is 1. The van der Waals surface area contributed by atoms with E-state index in [4.69, 9.17) is 16.9 Å². The van der Waals surface area contributed by atoms with Crippen molar-refractivity contribution in [1.29, 1.82) is 5.41 Å². The Labute approximate surface area is 214 Å². The van der Waals surface area contributed by atoms with Crippen molar-refractivity contribution in [2.24, 2.45) is 11.5 Å². The van der Waals surface area contributed by atoms with Crippen LogP contribution in [-0.4, -0.2) is 29.6 Å². The molecule has 0 saturated carbocycles. The number of nitrogens with zero attached hydrogens (tertiary/aromatic N) is 1. The normalized spacial score (nSPS) is 12.4. The second-order valence-corrected chi connectivity index (χ2v) is 8.63. The Morgan fingerprint density at radius 1 is 0.784 bits per heavy atom. The molecule has 2 atom stereocenters. The van der Waals surface area contributed by atoms with E-state index in [1.54, 1.807) is 61.5 Å². The Hall–Kier alpha value is -4.98. The van der Waals surface area contributed by atoms with Crippen molar-refractivity contribution in [2.75, 3.05) is 4.90 Å². The third kappa shape index (κ3) is 5.48. The maximum absolute atomic E-state index is 14.1. The SMILES string of the molecule is C[C@H](C(N)=O)N(C(=O)[C@H](NC(=O)c1cccc(C(=N)N)c1)c1ccccc1)c1ccc2ccccc2c1. The lowest BCUT2D eigenvalue weighted by Gasteiger charge is -2.32. The van der Waals surface area contributed by atoms with Crippen LogP contribution in [0.1, 0.15) is 34.5 Å². The minimum Gasteiger partial charge on any atom is -0.384 e. The number of carbonyl (C=O) groups is 3. The summed E-state index contributed by atoms with van der Waals surface area (Å²) in [5, 5.41) is 12.3. The summed E-state index contributed by atoms with van der Waals surface area (Å²) in [5.74, 6) is -1.92. The Balaban J connectivity index is 1.77. The van der Waals surface area contributed by atoms with Crippen LogP contribution in [0.3, 0.4) is 0 Å². The molecular weight excluding hydrogens is 466 g/mol. The predicted molar refractivity (Wildman–Crippen MR) is 144 cm³/mol. The van der Waals surface area contributed by atoms with E-state index in [0.717, 1.165) is 10.8 Å². The van der Waals surface area contributed by atoms with Crippen LogP contribution < -0.4 is 21.7 Å². The van der Waals surface area contributed by atoms with E-state index in [-0.39, 0.29) is 11.4 Å². The zero-order valence-corrected chi connectivity index (χ0v) is 20.2. The standard InChI is InChI=1S/C29H27N5O3/c1-18(27(32)35)34(24-15-14-19-8-5-6-11-21(19)17-24)29(37)25(20-9-3-2-4-10-20)33-28(36)23-13-7-12-22(16-23)26(30)31/h2-18,25H,1H3,(H3,30,31)(H2,32,35)(H,33,36)/t18-,25-/m1/s1. The number of nitrogens with one attached hydrogen (secondary N) is 2. The highest BCUT2D eigenvalue weighted by atomic mass is 16.2. The smallest absolute Gasteiger partial charge is 0.254 e. The lowest BCUT2D eigenvalue weighted by Crippen LogP contribution is -2.51. The van der Waals surface area contributed by atoms with E-state index in [1.165, 1.54) is 11.0 Å². The summed E-state index contributed by atoms with van der Waals surface area (Å²) in [6.45, 7) is 1.55. The van der Waals surface area contributed by atoms with Gasteiger partial charge in [0.2, 0.25) is 5.91 Å². The number of nitrogens with two attached hydrogens (primary N) is 2. The van der Waals surface area contributed by atoms with Gasteiger partial charge >= 0.3 is 0 Å². The molecule has 0 unspecified atom stereocenters. The summed E-state index contributed by atoms with van der Waals surface area (Å²) in [6.07, 6.45) is 0. The van der Waals surface area contributed by atoms with Crippen LogP contribution in [0.4, 0.5) is 5.69 Å². The van der Waals surface area contributed by atoms with Crippen LogP contribution in [0.2, 0.25) is 0 Å². The van der Waals surface area contributed by atoms with Crippen molar-refractivity contribution < 1.29 is 14.4 Å². The van der Waals surface area contributed by atoms with E-state index in [1.807, 2.05) is 36.4 Å². The first-order valence-corrected chi connectivity index (χ1v) is 11.7. The molecule has 0 aliphatic carbocycles. The number of carbonyl (C=O) groups excluding carboxylic acids is 3. The van der Waals surface area contributed by atoms with Gasteiger partial charge in [0.1, 0.15) is 17.9 Å². The Morgan fingerprint density at radius 3 is 2.11 bits per heavy atom. The highest BCUT2D eigenvalue weighted by Gasteiger charge is 2.33. The molecule has 4 aromatic carbocycles. The molecule has 0 spiro atoms. The molecule has 0 aromatic heterocycles. The van der Waals surface area contributed by atoms with Gasteiger partial charge in [0, 0.05) is 16.8 Å². The zero-order valence-electron chi connectivity index (χ0n) is 20.2. The molecule has 4 rings (SSSR count). The van der Waals surface area contributed by atoms with Crippen LogP contribution in [0, 0.1) is 5.41 Å². The van der Waals surface area contributed by atoms with Crippen molar-refractivity contribution in [1.82, 2.24) is 5.32 Å². The number of primary amides is 1. The van der Waals surface area contributed by atoms with Crippen molar-refractivity contribution in [3.05, 3.63) is 114 Å². The van der Waals surface area contributed by atoms with E-state index < -0.39 is 29.8 Å². The number of benzene rings is 4. The van der Waals surface area contributed by atoms with E-state index in [9.17, 15) is 14.4 Å². The van der Waals surface area contributed by atoms with Crippen LogP contribution >= 0.6 is 0 Å². The van der Waals surface area contributed by atoms with Crippen molar-refractivity contribution >= 4 is 40.0 Å². The van der Waals surface area contributed by atoms with Crippen LogP contribution in [0.15, 0.2) is 97.1 Å². The molecule has 0 saturated heterocycles. The maximum atomic E-state index is 14.1. The maximum Gasteiger partial charge on any atom is 0.254 e. The van der Waals surface area contributed by atoms with Gasteiger partial charge in [-0.1, -0.05) is 72.8 Å². The summed E-state index contributed by atoms with van der Waals surface area (Å²) in [5.41, 5.74) is 12.9. The first-order valence-electron chi connectivity index (χ1n) is 11.7. The van der Waals surface area contributed by atoms with Crippen molar-refractivity contribution in [3.8, 4) is 0 Å². The average molecular weight is 494 g/mol. The van der Waals surface area contributed by atoms with Crippen molar-refractivity contribution in [3.63, 3.8) is 0 Å². The molecule has 3 amide bonds. The molecule has 0 aliphatic heterocycles. The topological polar surface area (TPSA) is 142 Å². The third-order valence-corrected chi connectivity index (χ3v) is 6.14. The average Bonchev–Trinajstić information content (AvgIpc) is 2.92. The first-order chi connectivity index (χ1) is 17.8. The second kappa shape index (κ2) is 10.7. The number of hydrogen-bond donors (Lipinski definition) is 4. The van der Waals surface area contributed by atoms with Crippen LogP contribution in [0.5, 0.6) is 0 Å². The molecule has 0 heterocycles. The lowest BCUT2D eigenvalue weighted by molar-refractivity contribution is -0.125. The van der Waals surface area contributed by atoms with Crippen molar-refractivity contribution in [2.45, 2.75) is 19.0 Å². The molecule has 4 aromatic rings. The highest BCUT2D eigenvalue weighted by molar-refractivity contribution is 6.07. The summed E-state index contributed by atoms with van der Waals surface area (Å²) >= 11 is 0. The van der Waals surface area contributed by atoms with E-state index >= 15 is 0 Å². The Kier molecular flexibility index (Phi) is 7.29. The fourth-order valence-corrected chi connectivity index (χ4v) is 4.11. The minimum absolute atomic E-state index is 0.178. The molecular formula is C29H27N5O3. The van der Waals surface area contributed by atoms with Gasteiger partial charge in [-0.2, -0.15) is 0 Å². The minimum atomic E-state index is -1.12. The lowest BCUT2D eigenvalue weighted by atomic mass is 10.0. The van der Waals surface area contributed by atoms with Gasteiger partial charge in [0.05, 0.1) is 0 Å². The van der Waals surface area contributed by atoms with Gasteiger partial charge in [0.15, 0.2) is 0 Å². The van der Waals surface area contributed by atoms with Gasteiger partial charge in [-0.25, -0.2) is 0 Å². The summed E-state index contributed by atoms with van der Waals surface area (Å²) < 4.78 is 0. The fourth-order valence-electron chi connectivity index (χ4n) is 4.11. The summed E-state index contributed by atoms with van der Waals surface area (Å²) in [7, 11) is 0. The van der Waals surface area contributed by atoms with Crippen LogP contribution in [-0.2, 0) is 9.59 Å². The van der Waals surface area contributed by atoms with Crippen LogP contribution in [0.25, 0.3) is 10.8 Å². The van der Waals surface area contributed by atoms with Gasteiger partial charge < -0.3 is 16.8 Å². The molecule has 186 valence electrons. The molecule has 0 radical (unpaired) electrons. The predicted octanol–water partition coefficient (Wildman–Crippen LogP) is 3.50. The number of hydrogen-bond acceptors (Lipinski definition) is 4. The molecule has 0 fully saturated rings. The fraction of sp³-hybridized carbons (Fsp3) is 0.103. The first kappa shape index (κ1) is 25.1. The molecule has 0 aliphatic rings. The van der Waals surface area contributed by atoms with Gasteiger partial charge in [-0.05, 0) is 47.5 Å². The largest absolute Gasteiger partial charge is 0.384 e.